The Hall–Kier alpha value is -1.43. The first kappa shape index (κ1) is 11.1. The smallest absolute Gasteiger partial charge is 0.276 e. The summed E-state index contributed by atoms with van der Waals surface area (Å²) in [5.41, 5.74) is 0.399. The van der Waals surface area contributed by atoms with Crippen LogP contribution in [0.3, 0.4) is 0 Å². The maximum atomic E-state index is 12.1. The van der Waals surface area contributed by atoms with Crippen LogP contribution in [0.1, 0.15) is 23.8 Å². The molecule has 1 N–H and O–H groups in total. The summed E-state index contributed by atoms with van der Waals surface area (Å²) in [6, 6.07) is 0.219. The van der Waals surface area contributed by atoms with Gasteiger partial charge in [-0.3, -0.25) is 4.79 Å². The Labute approximate surface area is 94.6 Å². The van der Waals surface area contributed by atoms with E-state index in [0.29, 0.717) is 5.69 Å². The summed E-state index contributed by atoms with van der Waals surface area (Å²) in [5.74, 6) is -0.0310. The van der Waals surface area contributed by atoms with Gasteiger partial charge in [0.25, 0.3) is 5.91 Å². The fourth-order valence-electron chi connectivity index (χ4n) is 2.13. The first-order chi connectivity index (χ1) is 7.68. The number of carbonyl (C=O) groups is 1. The fraction of sp³-hybridized carbons (Fsp3) is 0.700. The summed E-state index contributed by atoms with van der Waals surface area (Å²) < 4.78 is 0. The number of likely N-dealkylation sites (N-methyl/N-ethyl adjacent to an activating group) is 1. The monoisotopic (exact) mass is 223 g/mol. The Morgan fingerprint density at radius 1 is 1.56 bits per heavy atom. The number of nitrogens with zero attached hydrogens (tertiary/aromatic N) is 4. The third-order valence-electron chi connectivity index (χ3n) is 2.94. The number of nitrogens with one attached hydrogen (secondary N) is 1. The first-order valence-corrected chi connectivity index (χ1v) is 5.54. The van der Waals surface area contributed by atoms with E-state index in [4.69, 9.17) is 0 Å². The molecule has 1 unspecified atom stereocenters. The zero-order valence-electron chi connectivity index (χ0n) is 9.68. The Morgan fingerprint density at radius 3 is 3.06 bits per heavy atom. The van der Waals surface area contributed by atoms with Gasteiger partial charge in [0.1, 0.15) is 0 Å². The number of amides is 1. The fourth-order valence-corrected chi connectivity index (χ4v) is 2.13. The second-order valence-corrected chi connectivity index (χ2v) is 4.32. The summed E-state index contributed by atoms with van der Waals surface area (Å²) in [5, 5.41) is 9.97. The molecule has 0 radical (unpaired) electrons. The molecular weight excluding hydrogens is 206 g/mol. The third kappa shape index (κ3) is 2.21. The Bertz CT molecular complexity index is 350. The highest BCUT2D eigenvalue weighted by Crippen LogP contribution is 2.11. The average Bonchev–Trinajstić information content (AvgIpc) is 2.71. The Morgan fingerprint density at radius 2 is 2.38 bits per heavy atom. The lowest BCUT2D eigenvalue weighted by atomic mass is 10.2. The third-order valence-corrected chi connectivity index (χ3v) is 2.94. The molecule has 2 heterocycles. The van der Waals surface area contributed by atoms with Crippen LogP contribution in [0.4, 0.5) is 0 Å². The molecule has 6 heteroatoms. The number of aromatic nitrogens is 3. The van der Waals surface area contributed by atoms with Gasteiger partial charge in [-0.15, -0.1) is 0 Å². The second kappa shape index (κ2) is 4.61. The van der Waals surface area contributed by atoms with Crippen molar-refractivity contribution >= 4 is 5.91 Å². The second-order valence-electron chi connectivity index (χ2n) is 4.32. The summed E-state index contributed by atoms with van der Waals surface area (Å²) in [7, 11) is 2.08. The van der Waals surface area contributed by atoms with Crippen molar-refractivity contribution in [2.45, 2.75) is 19.4 Å². The molecule has 88 valence electrons. The number of carbonyl (C=O) groups excluding carboxylic acids is 1. The average molecular weight is 223 g/mol. The van der Waals surface area contributed by atoms with Gasteiger partial charge in [0.05, 0.1) is 6.20 Å². The van der Waals surface area contributed by atoms with Gasteiger partial charge in [0, 0.05) is 19.1 Å². The lowest BCUT2D eigenvalue weighted by Gasteiger charge is -2.27. The lowest BCUT2D eigenvalue weighted by molar-refractivity contribution is 0.0690. The molecule has 0 spiro atoms. The molecule has 1 aromatic heterocycles. The Balaban J connectivity index is 2.10. The van der Waals surface area contributed by atoms with E-state index < -0.39 is 0 Å². The molecule has 0 bridgehead atoms. The molecule has 6 nitrogen and oxygen atoms in total. The molecular formula is C10H17N5O. The minimum Gasteiger partial charge on any atom is -0.333 e. The van der Waals surface area contributed by atoms with Crippen LogP contribution < -0.4 is 0 Å². The number of H-pyrrole nitrogens is 1. The maximum Gasteiger partial charge on any atom is 0.276 e. The molecule has 0 aromatic carbocycles. The topological polar surface area (TPSA) is 65.1 Å². The lowest BCUT2D eigenvalue weighted by Crippen LogP contribution is -2.42. The van der Waals surface area contributed by atoms with Crippen LogP contribution in [0.2, 0.25) is 0 Å². The molecule has 16 heavy (non-hydrogen) atoms. The van der Waals surface area contributed by atoms with Gasteiger partial charge in [-0.2, -0.15) is 15.4 Å². The van der Waals surface area contributed by atoms with E-state index in [9.17, 15) is 4.79 Å². The van der Waals surface area contributed by atoms with Crippen LogP contribution >= 0.6 is 0 Å². The number of aromatic amines is 1. The predicted molar refractivity (Wildman–Crippen MR) is 59.0 cm³/mol. The number of rotatable bonds is 1. The molecule has 2 rings (SSSR count). The van der Waals surface area contributed by atoms with E-state index in [1.54, 1.807) is 0 Å². The van der Waals surface area contributed by atoms with E-state index in [-0.39, 0.29) is 11.9 Å². The van der Waals surface area contributed by atoms with E-state index in [1.165, 1.54) is 6.20 Å². The standard InChI is InChI=1S/C10H17N5O/c1-8-7-14(2)4-3-5-15(8)10(16)9-6-11-13-12-9/h6,8H,3-5,7H2,1-2H3,(H,11,12,13). The van der Waals surface area contributed by atoms with Crippen molar-refractivity contribution in [3.8, 4) is 0 Å². The van der Waals surface area contributed by atoms with Crippen LogP contribution in [-0.4, -0.2) is 63.8 Å². The molecule has 1 aromatic rings. The van der Waals surface area contributed by atoms with Crippen molar-refractivity contribution in [3.05, 3.63) is 11.9 Å². The molecule has 0 saturated carbocycles. The van der Waals surface area contributed by atoms with Crippen LogP contribution in [0, 0.1) is 0 Å². The zero-order chi connectivity index (χ0) is 11.5. The summed E-state index contributed by atoms with van der Waals surface area (Å²) in [6.45, 7) is 4.80. The highest BCUT2D eigenvalue weighted by molar-refractivity contribution is 5.92. The van der Waals surface area contributed by atoms with Crippen LogP contribution in [0.25, 0.3) is 0 Å². The van der Waals surface area contributed by atoms with Crippen molar-refractivity contribution < 1.29 is 4.79 Å². The zero-order valence-corrected chi connectivity index (χ0v) is 9.68. The van der Waals surface area contributed by atoms with Crippen molar-refractivity contribution in [2.24, 2.45) is 0 Å². The molecule has 1 aliphatic heterocycles. The summed E-state index contributed by atoms with van der Waals surface area (Å²) in [6.07, 6.45) is 2.48. The van der Waals surface area contributed by atoms with Gasteiger partial charge in [0.15, 0.2) is 5.69 Å². The first-order valence-electron chi connectivity index (χ1n) is 5.54. The quantitative estimate of drug-likeness (QED) is 0.726. The normalized spacial score (nSPS) is 23.1. The highest BCUT2D eigenvalue weighted by atomic mass is 16.2. The number of hydrogen-bond acceptors (Lipinski definition) is 4. The van der Waals surface area contributed by atoms with Gasteiger partial charge in [-0.1, -0.05) is 0 Å². The van der Waals surface area contributed by atoms with E-state index in [0.717, 1.165) is 26.1 Å². The minimum absolute atomic E-state index is 0.0310. The Kier molecular flexibility index (Phi) is 3.19. The molecule has 0 aliphatic carbocycles. The van der Waals surface area contributed by atoms with Gasteiger partial charge in [-0.05, 0) is 26.9 Å². The van der Waals surface area contributed by atoms with Gasteiger partial charge in [0.2, 0.25) is 0 Å². The molecule has 1 aliphatic rings. The molecule has 1 amide bonds. The van der Waals surface area contributed by atoms with Crippen molar-refractivity contribution in [3.63, 3.8) is 0 Å². The van der Waals surface area contributed by atoms with Crippen LogP contribution in [0.5, 0.6) is 0 Å². The van der Waals surface area contributed by atoms with E-state index in [2.05, 4.69) is 34.3 Å². The van der Waals surface area contributed by atoms with E-state index in [1.807, 2.05) is 4.90 Å². The molecule has 1 atom stereocenters. The maximum absolute atomic E-state index is 12.1. The van der Waals surface area contributed by atoms with Gasteiger partial charge in [-0.25, -0.2) is 0 Å². The van der Waals surface area contributed by atoms with Crippen molar-refractivity contribution in [1.29, 1.82) is 0 Å². The molecule has 1 saturated heterocycles. The SMILES string of the molecule is CC1CN(C)CCCN1C(=O)c1cn[nH]n1. The summed E-state index contributed by atoms with van der Waals surface area (Å²) >= 11 is 0. The summed E-state index contributed by atoms with van der Waals surface area (Å²) in [4.78, 5) is 16.2. The molecule has 1 fully saturated rings. The van der Waals surface area contributed by atoms with E-state index >= 15 is 0 Å². The van der Waals surface area contributed by atoms with Crippen molar-refractivity contribution in [1.82, 2.24) is 25.2 Å². The largest absolute Gasteiger partial charge is 0.333 e. The minimum atomic E-state index is -0.0310. The predicted octanol–water partition coefficient (Wildman–Crippen LogP) is -0.0291. The number of hydrogen-bond donors (Lipinski definition) is 1. The highest BCUT2D eigenvalue weighted by Gasteiger charge is 2.26. The van der Waals surface area contributed by atoms with Crippen LogP contribution in [-0.2, 0) is 0 Å². The van der Waals surface area contributed by atoms with Gasteiger partial charge < -0.3 is 9.80 Å². The van der Waals surface area contributed by atoms with Gasteiger partial charge >= 0.3 is 0 Å². The van der Waals surface area contributed by atoms with Crippen molar-refractivity contribution in [2.75, 3.05) is 26.7 Å². The van der Waals surface area contributed by atoms with Crippen LogP contribution in [0.15, 0.2) is 6.20 Å².